The monoisotopic (exact) mass is 295 g/mol. The van der Waals surface area contributed by atoms with E-state index in [1.54, 1.807) is 24.3 Å². The number of piperidine rings is 1. The molecule has 2 N–H and O–H groups in total. The number of hydrogen-bond acceptors (Lipinski definition) is 2. The summed E-state index contributed by atoms with van der Waals surface area (Å²) < 4.78 is 0. The van der Waals surface area contributed by atoms with Crippen molar-refractivity contribution in [3.63, 3.8) is 0 Å². The number of carbonyl (C=O) groups is 1. The van der Waals surface area contributed by atoms with Crippen molar-refractivity contribution in [2.24, 2.45) is 5.92 Å². The Labute approximate surface area is 125 Å². The lowest BCUT2D eigenvalue weighted by Crippen LogP contribution is -2.40. The molecule has 5 heteroatoms. The minimum Gasteiger partial charge on any atom is -0.337 e. The normalized spacial score (nSPS) is 16.9. The molecule has 0 aliphatic carbocycles. The highest BCUT2D eigenvalue weighted by atomic mass is 35.5. The number of anilines is 1. The molecule has 1 aromatic carbocycles. The van der Waals surface area contributed by atoms with E-state index in [9.17, 15) is 4.79 Å². The van der Waals surface area contributed by atoms with Crippen molar-refractivity contribution in [3.05, 3.63) is 29.3 Å². The highest BCUT2D eigenvalue weighted by molar-refractivity contribution is 6.30. The zero-order chi connectivity index (χ0) is 14.4. The van der Waals surface area contributed by atoms with E-state index in [1.807, 2.05) is 0 Å². The quantitative estimate of drug-likeness (QED) is 0.896. The molecule has 0 atom stereocenters. The first-order valence-electron chi connectivity index (χ1n) is 7.16. The lowest BCUT2D eigenvalue weighted by molar-refractivity contribution is 0.192. The van der Waals surface area contributed by atoms with E-state index in [1.165, 1.54) is 12.8 Å². The molecule has 1 aromatic rings. The van der Waals surface area contributed by atoms with Crippen LogP contribution in [-0.2, 0) is 0 Å². The SMILES string of the molecule is CC1CCN(CCNC(=O)Nc2ccc(Cl)cc2)CC1. The summed E-state index contributed by atoms with van der Waals surface area (Å²) in [5.41, 5.74) is 0.749. The molecule has 20 heavy (non-hydrogen) atoms. The van der Waals surface area contributed by atoms with Crippen LogP contribution in [0.1, 0.15) is 19.8 Å². The van der Waals surface area contributed by atoms with E-state index in [4.69, 9.17) is 11.6 Å². The third kappa shape index (κ3) is 5.02. The Morgan fingerprint density at radius 2 is 1.95 bits per heavy atom. The van der Waals surface area contributed by atoms with Crippen molar-refractivity contribution in [2.45, 2.75) is 19.8 Å². The zero-order valence-corrected chi connectivity index (χ0v) is 12.6. The summed E-state index contributed by atoms with van der Waals surface area (Å²) in [5.74, 6) is 0.840. The van der Waals surface area contributed by atoms with Gasteiger partial charge in [0.05, 0.1) is 0 Å². The highest BCUT2D eigenvalue weighted by Crippen LogP contribution is 2.15. The van der Waals surface area contributed by atoms with Gasteiger partial charge in [-0.05, 0) is 56.1 Å². The van der Waals surface area contributed by atoms with Gasteiger partial charge in [0, 0.05) is 23.8 Å². The molecule has 110 valence electrons. The highest BCUT2D eigenvalue weighted by Gasteiger charge is 2.15. The van der Waals surface area contributed by atoms with Crippen LogP contribution in [0.25, 0.3) is 0 Å². The maximum Gasteiger partial charge on any atom is 0.319 e. The zero-order valence-electron chi connectivity index (χ0n) is 11.9. The minimum absolute atomic E-state index is 0.169. The second-order valence-corrected chi connectivity index (χ2v) is 5.85. The van der Waals surface area contributed by atoms with Crippen molar-refractivity contribution in [3.8, 4) is 0 Å². The van der Waals surface area contributed by atoms with E-state index in [2.05, 4.69) is 22.5 Å². The van der Waals surface area contributed by atoms with Crippen LogP contribution in [0.15, 0.2) is 24.3 Å². The van der Waals surface area contributed by atoms with E-state index in [0.717, 1.165) is 31.2 Å². The first-order chi connectivity index (χ1) is 9.63. The maximum atomic E-state index is 11.7. The number of rotatable bonds is 4. The van der Waals surface area contributed by atoms with Crippen LogP contribution in [-0.4, -0.2) is 37.1 Å². The Bertz CT molecular complexity index is 427. The molecule has 0 radical (unpaired) electrons. The summed E-state index contributed by atoms with van der Waals surface area (Å²) in [6.07, 6.45) is 2.52. The van der Waals surface area contributed by atoms with Gasteiger partial charge in [0.15, 0.2) is 0 Å². The Kier molecular flexibility index (Phi) is 5.68. The fourth-order valence-electron chi connectivity index (χ4n) is 2.32. The van der Waals surface area contributed by atoms with Crippen molar-refractivity contribution in [1.29, 1.82) is 0 Å². The summed E-state index contributed by atoms with van der Waals surface area (Å²) in [6, 6.07) is 6.91. The second kappa shape index (κ2) is 7.50. The average molecular weight is 296 g/mol. The van der Waals surface area contributed by atoms with Gasteiger partial charge >= 0.3 is 6.03 Å². The molecule has 1 fully saturated rings. The number of nitrogens with one attached hydrogen (secondary N) is 2. The molecule has 0 bridgehead atoms. The molecule has 1 aliphatic rings. The van der Waals surface area contributed by atoms with Crippen molar-refractivity contribution in [1.82, 2.24) is 10.2 Å². The third-order valence-corrected chi connectivity index (χ3v) is 3.94. The molecule has 0 spiro atoms. The summed E-state index contributed by atoms with van der Waals surface area (Å²) >= 11 is 5.79. The van der Waals surface area contributed by atoms with Crippen LogP contribution in [0.2, 0.25) is 5.02 Å². The van der Waals surface area contributed by atoms with Crippen LogP contribution in [0, 0.1) is 5.92 Å². The number of nitrogens with zero attached hydrogens (tertiary/aromatic N) is 1. The molecule has 1 saturated heterocycles. The third-order valence-electron chi connectivity index (χ3n) is 3.69. The summed E-state index contributed by atoms with van der Waals surface area (Å²) in [7, 11) is 0. The fraction of sp³-hybridized carbons (Fsp3) is 0.533. The molecule has 1 heterocycles. The van der Waals surface area contributed by atoms with Crippen LogP contribution in [0.5, 0.6) is 0 Å². The molecular formula is C15H22ClN3O. The molecule has 0 unspecified atom stereocenters. The van der Waals surface area contributed by atoms with E-state index >= 15 is 0 Å². The molecule has 2 rings (SSSR count). The van der Waals surface area contributed by atoms with Gasteiger partial charge in [-0.1, -0.05) is 18.5 Å². The average Bonchev–Trinajstić information content (AvgIpc) is 2.44. The number of likely N-dealkylation sites (tertiary alicyclic amines) is 1. The summed E-state index contributed by atoms with van der Waals surface area (Å²) in [4.78, 5) is 14.1. The van der Waals surface area contributed by atoms with Crippen LogP contribution in [0.3, 0.4) is 0 Å². The smallest absolute Gasteiger partial charge is 0.319 e. The molecule has 0 aromatic heterocycles. The van der Waals surface area contributed by atoms with Gasteiger partial charge < -0.3 is 15.5 Å². The van der Waals surface area contributed by atoms with Crippen LogP contribution in [0.4, 0.5) is 10.5 Å². The predicted octanol–water partition coefficient (Wildman–Crippen LogP) is 3.19. The van der Waals surface area contributed by atoms with E-state index in [-0.39, 0.29) is 6.03 Å². The molecule has 4 nitrogen and oxygen atoms in total. The van der Waals surface area contributed by atoms with E-state index in [0.29, 0.717) is 11.6 Å². The Hall–Kier alpha value is -1.26. The first kappa shape index (κ1) is 15.1. The van der Waals surface area contributed by atoms with Gasteiger partial charge in [-0.25, -0.2) is 4.79 Å². The first-order valence-corrected chi connectivity index (χ1v) is 7.54. The predicted molar refractivity (Wildman–Crippen MR) is 83.3 cm³/mol. The number of benzene rings is 1. The molecule has 2 amide bonds. The standard InChI is InChI=1S/C15H22ClN3O/c1-12-6-9-19(10-7-12)11-8-17-15(20)18-14-4-2-13(16)3-5-14/h2-5,12H,6-11H2,1H3,(H2,17,18,20). The molecule has 0 saturated carbocycles. The van der Waals surface area contributed by atoms with Gasteiger partial charge in [0.1, 0.15) is 0 Å². The molecular weight excluding hydrogens is 274 g/mol. The minimum atomic E-state index is -0.169. The Morgan fingerprint density at radius 1 is 1.30 bits per heavy atom. The number of carbonyl (C=O) groups excluding carboxylic acids is 1. The van der Waals surface area contributed by atoms with Gasteiger partial charge in [0.2, 0.25) is 0 Å². The van der Waals surface area contributed by atoms with Crippen molar-refractivity contribution >= 4 is 23.3 Å². The maximum absolute atomic E-state index is 11.7. The lowest BCUT2D eigenvalue weighted by Gasteiger charge is -2.30. The fourth-order valence-corrected chi connectivity index (χ4v) is 2.45. The number of amides is 2. The van der Waals surface area contributed by atoms with E-state index < -0.39 is 0 Å². The van der Waals surface area contributed by atoms with Crippen LogP contribution < -0.4 is 10.6 Å². The summed E-state index contributed by atoms with van der Waals surface area (Å²) in [6.45, 7) is 6.17. The van der Waals surface area contributed by atoms with Gasteiger partial charge in [-0.2, -0.15) is 0 Å². The number of urea groups is 1. The Morgan fingerprint density at radius 3 is 2.60 bits per heavy atom. The van der Waals surface area contributed by atoms with Crippen molar-refractivity contribution < 1.29 is 4.79 Å². The Balaban J connectivity index is 1.64. The lowest BCUT2D eigenvalue weighted by atomic mass is 9.99. The van der Waals surface area contributed by atoms with Crippen molar-refractivity contribution in [2.75, 3.05) is 31.5 Å². The number of halogens is 1. The largest absolute Gasteiger partial charge is 0.337 e. The second-order valence-electron chi connectivity index (χ2n) is 5.41. The molecule has 1 aliphatic heterocycles. The van der Waals surface area contributed by atoms with Gasteiger partial charge in [-0.3, -0.25) is 0 Å². The summed E-state index contributed by atoms with van der Waals surface area (Å²) in [5, 5.41) is 6.33. The number of hydrogen-bond donors (Lipinski definition) is 2. The van der Waals surface area contributed by atoms with Gasteiger partial charge in [0.25, 0.3) is 0 Å². The topological polar surface area (TPSA) is 44.4 Å². The van der Waals surface area contributed by atoms with Gasteiger partial charge in [-0.15, -0.1) is 0 Å². The van der Waals surface area contributed by atoms with Crippen LogP contribution >= 0.6 is 11.6 Å².